The standard InChI is InChI=1S/C15H22O3/c1-8-4-5-10-9(2)12(16)17-11(10)15(8)7-6-14(3)13(15)18-14/h8-11,13H,4-7H2,1-3H3/t8-,9-,10+,11-,13+,14+,15-/m1/s1. The van der Waals surface area contributed by atoms with E-state index in [-0.39, 0.29) is 29.0 Å². The lowest BCUT2D eigenvalue weighted by atomic mass is 9.59. The summed E-state index contributed by atoms with van der Waals surface area (Å²) >= 11 is 0. The Morgan fingerprint density at radius 3 is 2.61 bits per heavy atom. The Morgan fingerprint density at radius 2 is 2.00 bits per heavy atom. The van der Waals surface area contributed by atoms with Gasteiger partial charge in [-0.05, 0) is 38.5 Å². The first-order chi connectivity index (χ1) is 8.49. The molecule has 7 atom stereocenters. The molecule has 0 unspecified atom stereocenters. The fourth-order valence-corrected chi connectivity index (χ4v) is 5.15. The van der Waals surface area contributed by atoms with Crippen LogP contribution >= 0.6 is 0 Å². The van der Waals surface area contributed by atoms with Crippen LogP contribution in [0.4, 0.5) is 0 Å². The van der Waals surface area contributed by atoms with Crippen molar-refractivity contribution in [2.75, 3.05) is 0 Å². The highest BCUT2D eigenvalue weighted by Gasteiger charge is 2.75. The average Bonchev–Trinajstić information content (AvgIpc) is 2.81. The van der Waals surface area contributed by atoms with Crippen molar-refractivity contribution in [2.24, 2.45) is 23.2 Å². The molecule has 0 aromatic heterocycles. The Balaban J connectivity index is 1.75. The van der Waals surface area contributed by atoms with E-state index in [0.717, 1.165) is 12.8 Å². The molecule has 0 aromatic carbocycles. The van der Waals surface area contributed by atoms with E-state index >= 15 is 0 Å². The molecule has 4 aliphatic rings. The Labute approximate surface area is 108 Å². The zero-order chi connectivity index (χ0) is 12.7. The minimum absolute atomic E-state index is 0.0210. The van der Waals surface area contributed by atoms with Crippen molar-refractivity contribution in [1.29, 1.82) is 0 Å². The predicted molar refractivity (Wildman–Crippen MR) is 65.9 cm³/mol. The van der Waals surface area contributed by atoms with Crippen LogP contribution in [0.2, 0.25) is 0 Å². The molecule has 2 aliphatic carbocycles. The molecular weight excluding hydrogens is 228 g/mol. The molecule has 1 spiro atoms. The van der Waals surface area contributed by atoms with Gasteiger partial charge in [0.15, 0.2) is 0 Å². The second kappa shape index (κ2) is 3.12. The summed E-state index contributed by atoms with van der Waals surface area (Å²) in [6.45, 7) is 6.60. The molecule has 2 saturated carbocycles. The number of carbonyl (C=O) groups is 1. The summed E-state index contributed by atoms with van der Waals surface area (Å²) < 4.78 is 11.8. The van der Waals surface area contributed by atoms with Gasteiger partial charge >= 0.3 is 5.97 Å². The third-order valence-electron chi connectivity index (χ3n) is 6.45. The van der Waals surface area contributed by atoms with Crippen molar-refractivity contribution in [3.63, 3.8) is 0 Å². The summed E-state index contributed by atoms with van der Waals surface area (Å²) in [5.41, 5.74) is 0.215. The first-order valence-corrected chi connectivity index (χ1v) is 7.37. The van der Waals surface area contributed by atoms with Gasteiger partial charge in [-0.15, -0.1) is 0 Å². The topological polar surface area (TPSA) is 38.8 Å². The second-order valence-corrected chi connectivity index (χ2v) is 7.21. The molecular formula is C15H22O3. The van der Waals surface area contributed by atoms with Gasteiger partial charge in [0.25, 0.3) is 0 Å². The van der Waals surface area contributed by atoms with E-state index in [1.165, 1.54) is 12.8 Å². The van der Waals surface area contributed by atoms with Gasteiger partial charge in [0.2, 0.25) is 0 Å². The van der Waals surface area contributed by atoms with E-state index in [2.05, 4.69) is 13.8 Å². The second-order valence-electron chi connectivity index (χ2n) is 7.21. The maximum absolute atomic E-state index is 11.9. The van der Waals surface area contributed by atoms with E-state index in [9.17, 15) is 4.79 Å². The highest BCUT2D eigenvalue weighted by atomic mass is 16.6. The zero-order valence-corrected chi connectivity index (χ0v) is 11.4. The fraction of sp³-hybridized carbons (Fsp3) is 0.933. The lowest BCUT2D eigenvalue weighted by Gasteiger charge is -2.46. The quantitative estimate of drug-likeness (QED) is 0.490. The molecule has 2 heterocycles. The van der Waals surface area contributed by atoms with Crippen LogP contribution in [0, 0.1) is 23.2 Å². The summed E-state index contributed by atoms with van der Waals surface area (Å²) in [7, 11) is 0. The van der Waals surface area contributed by atoms with E-state index in [1.54, 1.807) is 0 Å². The predicted octanol–water partition coefficient (Wildman–Crippen LogP) is 2.53. The van der Waals surface area contributed by atoms with Crippen molar-refractivity contribution in [2.45, 2.75) is 64.3 Å². The number of fused-ring (bicyclic) bond motifs is 4. The van der Waals surface area contributed by atoms with Crippen molar-refractivity contribution >= 4 is 5.97 Å². The van der Waals surface area contributed by atoms with Crippen molar-refractivity contribution in [3.8, 4) is 0 Å². The lowest BCUT2D eigenvalue weighted by molar-refractivity contribution is -0.154. The molecule has 18 heavy (non-hydrogen) atoms. The zero-order valence-electron chi connectivity index (χ0n) is 11.4. The molecule has 4 rings (SSSR count). The molecule has 3 nitrogen and oxygen atoms in total. The lowest BCUT2D eigenvalue weighted by Crippen LogP contribution is -2.50. The average molecular weight is 250 g/mol. The summed E-state index contributed by atoms with van der Waals surface area (Å²) in [5, 5.41) is 0. The highest BCUT2D eigenvalue weighted by Crippen LogP contribution is 2.68. The van der Waals surface area contributed by atoms with Gasteiger partial charge < -0.3 is 9.47 Å². The van der Waals surface area contributed by atoms with E-state index in [0.29, 0.717) is 17.9 Å². The minimum Gasteiger partial charge on any atom is -0.461 e. The number of esters is 1. The number of rotatable bonds is 0. The monoisotopic (exact) mass is 250 g/mol. The van der Waals surface area contributed by atoms with Crippen molar-refractivity contribution < 1.29 is 14.3 Å². The molecule has 4 fully saturated rings. The number of hydrogen-bond donors (Lipinski definition) is 0. The Bertz CT molecular complexity index is 420. The van der Waals surface area contributed by atoms with Gasteiger partial charge in [-0.25, -0.2) is 0 Å². The Morgan fingerprint density at radius 1 is 1.22 bits per heavy atom. The van der Waals surface area contributed by atoms with Crippen LogP contribution in [-0.4, -0.2) is 23.8 Å². The molecule has 0 N–H and O–H groups in total. The highest BCUT2D eigenvalue weighted by molar-refractivity contribution is 5.75. The largest absolute Gasteiger partial charge is 0.461 e. The fourth-order valence-electron chi connectivity index (χ4n) is 5.15. The smallest absolute Gasteiger partial charge is 0.309 e. The summed E-state index contributed by atoms with van der Waals surface area (Å²) in [4.78, 5) is 11.9. The molecule has 100 valence electrons. The van der Waals surface area contributed by atoms with Crippen LogP contribution in [0.15, 0.2) is 0 Å². The van der Waals surface area contributed by atoms with E-state index < -0.39 is 0 Å². The van der Waals surface area contributed by atoms with E-state index in [4.69, 9.17) is 9.47 Å². The third kappa shape index (κ3) is 1.08. The van der Waals surface area contributed by atoms with Gasteiger partial charge in [-0.2, -0.15) is 0 Å². The molecule has 0 amide bonds. The maximum atomic E-state index is 11.9. The van der Waals surface area contributed by atoms with Crippen molar-refractivity contribution in [3.05, 3.63) is 0 Å². The number of ether oxygens (including phenoxy) is 2. The molecule has 0 bridgehead atoms. The van der Waals surface area contributed by atoms with Gasteiger partial charge in [0.1, 0.15) is 6.10 Å². The third-order valence-corrected chi connectivity index (χ3v) is 6.45. The van der Waals surface area contributed by atoms with Crippen LogP contribution in [0.3, 0.4) is 0 Å². The Hall–Kier alpha value is -0.570. The summed E-state index contributed by atoms with van der Waals surface area (Å²) in [5.74, 6) is 1.16. The van der Waals surface area contributed by atoms with Crippen molar-refractivity contribution in [1.82, 2.24) is 0 Å². The molecule has 2 saturated heterocycles. The first kappa shape index (κ1) is 11.3. The summed E-state index contributed by atoms with van der Waals surface area (Å²) in [6.07, 6.45) is 5.14. The molecule has 2 aliphatic heterocycles. The summed E-state index contributed by atoms with van der Waals surface area (Å²) in [6, 6.07) is 0. The van der Waals surface area contributed by atoms with Gasteiger partial charge in [0.05, 0.1) is 17.6 Å². The number of carbonyl (C=O) groups excluding carboxylic acids is 1. The molecule has 0 radical (unpaired) electrons. The van der Waals surface area contributed by atoms with Crippen LogP contribution in [0.25, 0.3) is 0 Å². The van der Waals surface area contributed by atoms with Gasteiger partial charge in [-0.3, -0.25) is 4.79 Å². The Kier molecular flexibility index (Phi) is 1.95. The minimum atomic E-state index is 0.0210. The van der Waals surface area contributed by atoms with Gasteiger partial charge in [-0.1, -0.05) is 13.8 Å². The van der Waals surface area contributed by atoms with Crippen LogP contribution in [0.5, 0.6) is 0 Å². The SMILES string of the molecule is C[C@@H]1CC[C@@H]2[C@@H](OC(=O)[C@@H]2C)[C@@]12CC[C@]1(C)O[C@H]21. The molecule has 3 heteroatoms. The number of epoxide rings is 1. The van der Waals surface area contributed by atoms with Crippen LogP contribution in [-0.2, 0) is 14.3 Å². The molecule has 0 aromatic rings. The first-order valence-electron chi connectivity index (χ1n) is 7.37. The normalized spacial score (nSPS) is 61.5. The van der Waals surface area contributed by atoms with Crippen LogP contribution in [0.1, 0.15) is 46.5 Å². The number of hydrogen-bond acceptors (Lipinski definition) is 3. The van der Waals surface area contributed by atoms with Gasteiger partial charge in [0, 0.05) is 11.3 Å². The van der Waals surface area contributed by atoms with E-state index in [1.807, 2.05) is 6.92 Å². The maximum Gasteiger partial charge on any atom is 0.309 e. The van der Waals surface area contributed by atoms with Crippen LogP contribution < -0.4 is 0 Å².